The van der Waals surface area contributed by atoms with E-state index in [2.05, 4.69) is 0 Å². The van der Waals surface area contributed by atoms with E-state index in [1.807, 2.05) is 0 Å². The number of rotatable bonds is 4. The average molecular weight is 272 g/mol. The molecule has 0 radical (unpaired) electrons. The number of anilines is 1. The van der Waals surface area contributed by atoms with Crippen molar-refractivity contribution in [2.24, 2.45) is 0 Å². The monoisotopic (exact) mass is 272 g/mol. The Morgan fingerprint density at radius 1 is 1.42 bits per heavy atom. The molecular weight excluding hydrogens is 257 g/mol. The van der Waals surface area contributed by atoms with Crippen molar-refractivity contribution >= 4 is 5.69 Å². The minimum absolute atomic E-state index is 0.368. The molecule has 0 aliphatic heterocycles. The van der Waals surface area contributed by atoms with Crippen molar-refractivity contribution in [3.63, 3.8) is 0 Å². The minimum Gasteiger partial charge on any atom is -0.393 e. The van der Waals surface area contributed by atoms with Crippen LogP contribution in [0.15, 0.2) is 18.2 Å². The van der Waals surface area contributed by atoms with Crippen molar-refractivity contribution in [3.05, 3.63) is 29.3 Å². The fraction of sp³-hybridized carbons (Fsp3) is 0.462. The van der Waals surface area contributed by atoms with Gasteiger partial charge >= 0.3 is 6.18 Å². The van der Waals surface area contributed by atoms with E-state index in [0.717, 1.165) is 12.1 Å². The molecule has 1 N–H and O–H groups in total. The Bertz CT molecular complexity index is 478. The summed E-state index contributed by atoms with van der Waals surface area (Å²) in [6.07, 6.45) is -4.60. The summed E-state index contributed by atoms with van der Waals surface area (Å²) in [5.41, 5.74) is -0.955. The first-order valence-electron chi connectivity index (χ1n) is 5.76. The van der Waals surface area contributed by atoms with Gasteiger partial charge in [-0.25, -0.2) is 0 Å². The third kappa shape index (κ3) is 4.14. The number of nitriles is 1. The normalized spacial score (nSPS) is 12.9. The van der Waals surface area contributed by atoms with Gasteiger partial charge in [-0.2, -0.15) is 18.4 Å². The molecule has 1 rings (SSSR count). The summed E-state index contributed by atoms with van der Waals surface area (Å²) in [5.74, 6) is 0. The second-order valence-corrected chi connectivity index (χ2v) is 4.40. The van der Waals surface area contributed by atoms with Gasteiger partial charge in [-0.15, -0.1) is 0 Å². The van der Waals surface area contributed by atoms with Gasteiger partial charge in [0.25, 0.3) is 0 Å². The summed E-state index contributed by atoms with van der Waals surface area (Å²) >= 11 is 0. The molecule has 1 atom stereocenters. The lowest BCUT2D eigenvalue weighted by molar-refractivity contribution is -0.137. The van der Waals surface area contributed by atoms with Gasteiger partial charge in [0.2, 0.25) is 0 Å². The molecule has 1 unspecified atom stereocenters. The Hall–Kier alpha value is -1.74. The SMILES string of the molecule is CC(O)CCN(C)c1ccc(C#N)c(C(F)(F)F)c1. The maximum Gasteiger partial charge on any atom is 0.417 e. The van der Waals surface area contributed by atoms with Crippen LogP contribution < -0.4 is 4.90 Å². The fourth-order valence-electron chi connectivity index (χ4n) is 1.61. The number of nitrogens with zero attached hydrogens (tertiary/aromatic N) is 2. The quantitative estimate of drug-likeness (QED) is 0.916. The highest BCUT2D eigenvalue weighted by Crippen LogP contribution is 2.34. The molecule has 0 aliphatic rings. The number of benzene rings is 1. The van der Waals surface area contributed by atoms with Gasteiger partial charge in [-0.05, 0) is 31.5 Å². The molecule has 0 saturated carbocycles. The van der Waals surface area contributed by atoms with E-state index < -0.39 is 17.8 Å². The Labute approximate surface area is 109 Å². The van der Waals surface area contributed by atoms with Crippen LogP contribution in [0.2, 0.25) is 0 Å². The molecule has 0 saturated heterocycles. The summed E-state index contributed by atoms with van der Waals surface area (Å²) in [5, 5.41) is 17.9. The summed E-state index contributed by atoms with van der Waals surface area (Å²) < 4.78 is 38.3. The van der Waals surface area contributed by atoms with Gasteiger partial charge in [0.15, 0.2) is 0 Å². The van der Waals surface area contributed by atoms with Crippen LogP contribution in [0.25, 0.3) is 0 Å². The first kappa shape index (κ1) is 15.3. The van der Waals surface area contributed by atoms with Crippen LogP contribution >= 0.6 is 0 Å². The van der Waals surface area contributed by atoms with Crippen LogP contribution in [-0.2, 0) is 6.18 Å². The molecular formula is C13H15F3N2O. The molecule has 0 bridgehead atoms. The first-order valence-corrected chi connectivity index (χ1v) is 5.76. The van der Waals surface area contributed by atoms with Gasteiger partial charge < -0.3 is 10.0 Å². The molecule has 0 aliphatic carbocycles. The van der Waals surface area contributed by atoms with Crippen LogP contribution in [0, 0.1) is 11.3 Å². The van der Waals surface area contributed by atoms with Gasteiger partial charge in [-0.1, -0.05) is 0 Å². The van der Waals surface area contributed by atoms with Crippen LogP contribution in [0.5, 0.6) is 0 Å². The molecule has 0 spiro atoms. The smallest absolute Gasteiger partial charge is 0.393 e. The zero-order valence-electron chi connectivity index (χ0n) is 10.7. The lowest BCUT2D eigenvalue weighted by atomic mass is 10.1. The van der Waals surface area contributed by atoms with Crippen LogP contribution in [0.4, 0.5) is 18.9 Å². The number of alkyl halides is 3. The highest BCUT2D eigenvalue weighted by molar-refractivity contribution is 5.54. The first-order chi connectivity index (χ1) is 8.75. The van der Waals surface area contributed by atoms with Crippen LogP contribution in [-0.4, -0.2) is 24.8 Å². The molecule has 6 heteroatoms. The largest absolute Gasteiger partial charge is 0.417 e. The number of aliphatic hydroxyl groups is 1. The Balaban J connectivity index is 3.02. The summed E-state index contributed by atoms with van der Waals surface area (Å²) in [6, 6.07) is 5.13. The number of aliphatic hydroxyl groups excluding tert-OH is 1. The second kappa shape index (κ2) is 5.93. The molecule has 104 valence electrons. The molecule has 0 aromatic heterocycles. The lowest BCUT2D eigenvalue weighted by Gasteiger charge is -2.21. The van der Waals surface area contributed by atoms with E-state index in [1.165, 1.54) is 12.1 Å². The summed E-state index contributed by atoms with van der Waals surface area (Å²) in [4.78, 5) is 1.61. The Morgan fingerprint density at radius 3 is 2.53 bits per heavy atom. The molecule has 0 fully saturated rings. The van der Waals surface area contributed by atoms with E-state index in [-0.39, 0.29) is 5.56 Å². The van der Waals surface area contributed by atoms with Gasteiger partial charge in [0.05, 0.1) is 23.3 Å². The standard InChI is InChI=1S/C13H15F3N2O/c1-9(19)5-6-18(2)11-4-3-10(8-17)12(7-11)13(14,15)16/h3-4,7,9,19H,5-6H2,1-2H3. The van der Waals surface area contributed by atoms with Crippen LogP contribution in [0.3, 0.4) is 0 Å². The van der Waals surface area contributed by atoms with E-state index in [4.69, 9.17) is 10.4 Å². The zero-order valence-corrected chi connectivity index (χ0v) is 10.7. The highest BCUT2D eigenvalue weighted by Gasteiger charge is 2.34. The van der Waals surface area contributed by atoms with Crippen LogP contribution in [0.1, 0.15) is 24.5 Å². The lowest BCUT2D eigenvalue weighted by Crippen LogP contribution is -2.22. The van der Waals surface area contributed by atoms with Crippen molar-refractivity contribution in [1.82, 2.24) is 0 Å². The van der Waals surface area contributed by atoms with Gasteiger partial charge in [0.1, 0.15) is 0 Å². The molecule has 3 nitrogen and oxygen atoms in total. The average Bonchev–Trinajstić information content (AvgIpc) is 2.34. The van der Waals surface area contributed by atoms with Crippen molar-refractivity contribution < 1.29 is 18.3 Å². The minimum atomic E-state index is -4.55. The number of hydrogen-bond acceptors (Lipinski definition) is 3. The summed E-state index contributed by atoms with van der Waals surface area (Å²) in [7, 11) is 1.64. The van der Waals surface area contributed by atoms with Crippen molar-refractivity contribution in [1.29, 1.82) is 5.26 Å². The van der Waals surface area contributed by atoms with E-state index in [1.54, 1.807) is 18.9 Å². The summed E-state index contributed by atoms with van der Waals surface area (Å²) in [6.45, 7) is 2.05. The second-order valence-electron chi connectivity index (χ2n) is 4.40. The molecule has 0 heterocycles. The van der Waals surface area contributed by atoms with E-state index in [0.29, 0.717) is 18.7 Å². The maximum atomic E-state index is 12.8. The van der Waals surface area contributed by atoms with Crippen molar-refractivity contribution in [2.75, 3.05) is 18.5 Å². The van der Waals surface area contributed by atoms with Crippen molar-refractivity contribution in [3.8, 4) is 6.07 Å². The topological polar surface area (TPSA) is 47.3 Å². The predicted molar refractivity (Wildman–Crippen MR) is 65.7 cm³/mol. The Morgan fingerprint density at radius 2 is 2.05 bits per heavy atom. The fourth-order valence-corrected chi connectivity index (χ4v) is 1.61. The van der Waals surface area contributed by atoms with Crippen molar-refractivity contribution in [2.45, 2.75) is 25.6 Å². The maximum absolute atomic E-state index is 12.8. The Kier molecular flexibility index (Phi) is 4.78. The molecule has 0 amide bonds. The van der Waals surface area contributed by atoms with Gasteiger partial charge in [-0.3, -0.25) is 0 Å². The van der Waals surface area contributed by atoms with Gasteiger partial charge in [0, 0.05) is 19.3 Å². The van der Waals surface area contributed by atoms with E-state index >= 15 is 0 Å². The predicted octanol–water partition coefficient (Wildman–Crippen LogP) is 2.78. The molecule has 19 heavy (non-hydrogen) atoms. The third-order valence-corrected chi connectivity index (χ3v) is 2.75. The zero-order chi connectivity index (χ0) is 14.6. The third-order valence-electron chi connectivity index (χ3n) is 2.75. The highest BCUT2D eigenvalue weighted by atomic mass is 19.4. The number of hydrogen-bond donors (Lipinski definition) is 1. The molecule has 1 aromatic rings. The number of halogens is 3. The van der Waals surface area contributed by atoms with E-state index in [9.17, 15) is 13.2 Å². The molecule has 1 aromatic carbocycles.